The molecule has 0 aromatic heterocycles. The Morgan fingerprint density at radius 1 is 1.07 bits per heavy atom. The zero-order chi connectivity index (χ0) is 11.7. The van der Waals surface area contributed by atoms with Crippen LogP contribution in [0.1, 0.15) is 32.1 Å². The van der Waals surface area contributed by atoms with Gasteiger partial charge in [0.2, 0.25) is 0 Å². The molecule has 0 aromatic carbocycles. The fourth-order valence-electron chi connectivity index (χ4n) is 2.22. The fraction of sp³-hybridized carbons (Fsp3) is 1.00. The van der Waals surface area contributed by atoms with Crippen molar-refractivity contribution >= 4 is 20.0 Å². The molecule has 90 valence electrons. The standard InChI is InChI=1S/C8H16O5S2/c1-14(9,10)8(15(11,12)13)7-5-3-2-4-6-7/h7-8H,2-6H2,1H3,(H,11,12,13). The highest BCUT2D eigenvalue weighted by atomic mass is 32.3. The van der Waals surface area contributed by atoms with Gasteiger partial charge in [0.15, 0.2) is 14.4 Å². The van der Waals surface area contributed by atoms with E-state index in [1.165, 1.54) is 0 Å². The largest absolute Gasteiger partial charge is 0.285 e. The Morgan fingerprint density at radius 2 is 1.53 bits per heavy atom. The molecule has 0 aromatic rings. The van der Waals surface area contributed by atoms with Crippen LogP contribution in [0.15, 0.2) is 0 Å². The van der Waals surface area contributed by atoms with Gasteiger partial charge in [0.05, 0.1) is 0 Å². The van der Waals surface area contributed by atoms with Gasteiger partial charge in [-0.15, -0.1) is 0 Å². The molecule has 1 atom stereocenters. The molecular formula is C8H16O5S2. The second-order valence-electron chi connectivity index (χ2n) is 4.11. The lowest BCUT2D eigenvalue weighted by Crippen LogP contribution is -2.37. The van der Waals surface area contributed by atoms with E-state index >= 15 is 0 Å². The van der Waals surface area contributed by atoms with Gasteiger partial charge >= 0.3 is 0 Å². The first-order valence-electron chi connectivity index (χ1n) is 4.88. The quantitative estimate of drug-likeness (QED) is 0.755. The molecule has 0 spiro atoms. The lowest BCUT2D eigenvalue weighted by molar-refractivity contribution is 0.356. The molecule has 15 heavy (non-hydrogen) atoms. The highest BCUT2D eigenvalue weighted by Gasteiger charge is 2.40. The van der Waals surface area contributed by atoms with E-state index in [9.17, 15) is 16.8 Å². The number of hydrogen-bond donors (Lipinski definition) is 1. The van der Waals surface area contributed by atoms with Crippen molar-refractivity contribution in [3.63, 3.8) is 0 Å². The Balaban J connectivity index is 3.01. The molecule has 1 rings (SSSR count). The summed E-state index contributed by atoms with van der Waals surface area (Å²) >= 11 is 0. The number of rotatable bonds is 3. The summed E-state index contributed by atoms with van der Waals surface area (Å²) in [6, 6.07) is 0. The fourth-order valence-corrected chi connectivity index (χ4v) is 5.72. The Labute approximate surface area is 90.5 Å². The second kappa shape index (κ2) is 4.39. The van der Waals surface area contributed by atoms with E-state index in [2.05, 4.69) is 0 Å². The highest BCUT2D eigenvalue weighted by Crippen LogP contribution is 2.31. The zero-order valence-corrected chi connectivity index (χ0v) is 10.2. The van der Waals surface area contributed by atoms with Gasteiger partial charge in [-0.25, -0.2) is 8.42 Å². The molecule has 1 fully saturated rings. The third kappa shape index (κ3) is 3.42. The minimum absolute atomic E-state index is 0.455. The van der Waals surface area contributed by atoms with E-state index in [4.69, 9.17) is 4.55 Å². The summed E-state index contributed by atoms with van der Waals surface area (Å²) in [4.78, 5) is 0. The molecular weight excluding hydrogens is 240 g/mol. The van der Waals surface area contributed by atoms with Crippen LogP contribution >= 0.6 is 0 Å². The van der Waals surface area contributed by atoms with Crippen LogP contribution in [-0.2, 0) is 20.0 Å². The smallest absolute Gasteiger partial charge is 0.282 e. The first-order chi connectivity index (χ1) is 6.73. The summed E-state index contributed by atoms with van der Waals surface area (Å²) in [5.41, 5.74) is 0. The first-order valence-corrected chi connectivity index (χ1v) is 8.34. The molecule has 1 N–H and O–H groups in total. The molecule has 0 saturated heterocycles. The van der Waals surface area contributed by atoms with Crippen molar-refractivity contribution < 1.29 is 21.4 Å². The van der Waals surface area contributed by atoms with Crippen molar-refractivity contribution in [1.29, 1.82) is 0 Å². The maximum Gasteiger partial charge on any atom is 0.282 e. The molecule has 1 aliphatic rings. The molecule has 1 aliphatic carbocycles. The van der Waals surface area contributed by atoms with Gasteiger partial charge in [-0.2, -0.15) is 8.42 Å². The summed E-state index contributed by atoms with van der Waals surface area (Å²) in [7, 11) is -8.27. The van der Waals surface area contributed by atoms with Gasteiger partial charge < -0.3 is 0 Å². The Hall–Kier alpha value is -0.140. The summed E-state index contributed by atoms with van der Waals surface area (Å²) in [6.07, 6.45) is 4.62. The van der Waals surface area contributed by atoms with Crippen LogP contribution in [0.25, 0.3) is 0 Å². The van der Waals surface area contributed by atoms with Gasteiger partial charge in [0, 0.05) is 6.26 Å². The molecule has 1 saturated carbocycles. The Morgan fingerprint density at radius 3 is 1.87 bits per heavy atom. The van der Waals surface area contributed by atoms with E-state index < -0.39 is 30.5 Å². The van der Waals surface area contributed by atoms with Crippen molar-refractivity contribution in [2.45, 2.75) is 36.7 Å². The minimum atomic E-state index is -4.51. The Bertz CT molecular complexity index is 370. The van der Waals surface area contributed by atoms with Crippen molar-refractivity contribution in [2.75, 3.05) is 6.26 Å². The zero-order valence-electron chi connectivity index (χ0n) is 8.59. The van der Waals surface area contributed by atoms with E-state index in [1.807, 2.05) is 0 Å². The van der Waals surface area contributed by atoms with Crippen molar-refractivity contribution in [2.24, 2.45) is 5.92 Å². The third-order valence-corrected chi connectivity index (χ3v) is 6.73. The van der Waals surface area contributed by atoms with Gasteiger partial charge in [0.25, 0.3) is 10.1 Å². The topological polar surface area (TPSA) is 88.5 Å². The predicted molar refractivity (Wildman–Crippen MR) is 56.8 cm³/mol. The summed E-state index contributed by atoms with van der Waals surface area (Å²) in [5.74, 6) is -0.455. The van der Waals surface area contributed by atoms with Crippen LogP contribution < -0.4 is 0 Å². The molecule has 0 aliphatic heterocycles. The maximum absolute atomic E-state index is 11.3. The summed E-state index contributed by atoms with van der Waals surface area (Å²) < 4.78 is 52.1. The second-order valence-corrected chi connectivity index (χ2v) is 8.11. The van der Waals surface area contributed by atoms with E-state index in [0.717, 1.165) is 25.5 Å². The van der Waals surface area contributed by atoms with Gasteiger partial charge in [0.1, 0.15) is 0 Å². The molecule has 7 heteroatoms. The van der Waals surface area contributed by atoms with Crippen LogP contribution in [0.4, 0.5) is 0 Å². The molecule has 0 bridgehead atoms. The highest BCUT2D eigenvalue weighted by molar-refractivity contribution is 8.06. The maximum atomic E-state index is 11.3. The summed E-state index contributed by atoms with van der Waals surface area (Å²) in [5, 5.41) is 0. The van der Waals surface area contributed by atoms with Gasteiger partial charge in [-0.1, -0.05) is 19.3 Å². The lowest BCUT2D eigenvalue weighted by atomic mass is 9.91. The van der Waals surface area contributed by atoms with E-state index in [0.29, 0.717) is 12.8 Å². The molecule has 0 heterocycles. The normalized spacial score (nSPS) is 22.5. The van der Waals surface area contributed by atoms with Gasteiger partial charge in [-0.05, 0) is 18.8 Å². The van der Waals surface area contributed by atoms with Crippen molar-refractivity contribution in [3.8, 4) is 0 Å². The van der Waals surface area contributed by atoms with Crippen molar-refractivity contribution in [3.05, 3.63) is 0 Å². The monoisotopic (exact) mass is 256 g/mol. The average Bonchev–Trinajstić information content (AvgIpc) is 2.00. The third-order valence-electron chi connectivity index (χ3n) is 2.75. The van der Waals surface area contributed by atoms with Crippen LogP contribution in [0.2, 0.25) is 0 Å². The molecule has 0 amide bonds. The van der Waals surface area contributed by atoms with Gasteiger partial charge in [-0.3, -0.25) is 4.55 Å². The molecule has 0 radical (unpaired) electrons. The number of sulfone groups is 1. The average molecular weight is 256 g/mol. The van der Waals surface area contributed by atoms with Crippen LogP contribution in [0, 0.1) is 5.92 Å². The Kier molecular flexibility index (Phi) is 3.78. The van der Waals surface area contributed by atoms with Crippen LogP contribution in [0.3, 0.4) is 0 Å². The minimum Gasteiger partial charge on any atom is -0.285 e. The molecule has 1 unspecified atom stereocenters. The number of hydrogen-bond acceptors (Lipinski definition) is 4. The predicted octanol–water partition coefficient (Wildman–Crippen LogP) is 0.825. The van der Waals surface area contributed by atoms with E-state index in [-0.39, 0.29) is 0 Å². The van der Waals surface area contributed by atoms with E-state index in [1.54, 1.807) is 0 Å². The van der Waals surface area contributed by atoms with Crippen molar-refractivity contribution in [1.82, 2.24) is 0 Å². The molecule has 5 nitrogen and oxygen atoms in total. The lowest BCUT2D eigenvalue weighted by Gasteiger charge is -2.26. The first kappa shape index (κ1) is 12.9. The van der Waals surface area contributed by atoms with Crippen LogP contribution in [-0.4, -0.2) is 32.2 Å². The van der Waals surface area contributed by atoms with Crippen LogP contribution in [0.5, 0.6) is 0 Å². The summed E-state index contributed by atoms with van der Waals surface area (Å²) in [6.45, 7) is 0. The SMILES string of the molecule is CS(=O)(=O)C(C1CCCCC1)S(=O)(=O)O.